The number of nitrogens with zero attached hydrogens (tertiary/aromatic N) is 2. The molecule has 0 fully saturated rings. The maximum Gasteiger partial charge on any atom is 0.411 e. The SMILES string of the molecule is COC(=O)C1Cc2cc3c(cc2CN1C(=O)OC(C)(C)C)OC(c1ccc(OCc2ccc(Cl)c(Cl)c2)cc1)CN3C. The van der Waals surface area contributed by atoms with Gasteiger partial charge in [-0.2, -0.15) is 0 Å². The number of amides is 1. The van der Waals surface area contributed by atoms with Crippen molar-refractivity contribution >= 4 is 41.0 Å². The van der Waals surface area contributed by atoms with Crippen LogP contribution in [0.4, 0.5) is 10.5 Å². The molecular weight excluding hydrogens is 579 g/mol. The van der Waals surface area contributed by atoms with Crippen LogP contribution in [0.1, 0.15) is 49.1 Å². The molecule has 0 saturated heterocycles. The van der Waals surface area contributed by atoms with Gasteiger partial charge in [0.05, 0.1) is 35.9 Å². The lowest BCUT2D eigenvalue weighted by Crippen LogP contribution is -2.50. The van der Waals surface area contributed by atoms with Crippen molar-refractivity contribution in [3.63, 3.8) is 0 Å². The predicted molar refractivity (Wildman–Crippen MR) is 162 cm³/mol. The molecule has 0 aliphatic carbocycles. The number of ether oxygens (including phenoxy) is 4. The van der Waals surface area contributed by atoms with E-state index in [-0.39, 0.29) is 12.6 Å². The van der Waals surface area contributed by atoms with E-state index in [1.807, 2.05) is 49.5 Å². The van der Waals surface area contributed by atoms with Crippen LogP contribution in [0.5, 0.6) is 11.5 Å². The fourth-order valence-corrected chi connectivity index (χ4v) is 5.46. The number of anilines is 1. The van der Waals surface area contributed by atoms with E-state index >= 15 is 0 Å². The molecule has 0 saturated carbocycles. The molecule has 42 heavy (non-hydrogen) atoms. The van der Waals surface area contributed by atoms with Crippen molar-refractivity contribution in [3.05, 3.63) is 86.9 Å². The van der Waals surface area contributed by atoms with Gasteiger partial charge in [-0.15, -0.1) is 0 Å². The molecule has 2 unspecified atom stereocenters. The Kier molecular flexibility index (Phi) is 8.49. The lowest BCUT2D eigenvalue weighted by atomic mass is 9.92. The average molecular weight is 614 g/mol. The highest BCUT2D eigenvalue weighted by Crippen LogP contribution is 2.41. The van der Waals surface area contributed by atoms with E-state index in [9.17, 15) is 9.59 Å². The lowest BCUT2D eigenvalue weighted by molar-refractivity contribution is -0.147. The number of methoxy groups -OCH3 is 1. The van der Waals surface area contributed by atoms with Gasteiger partial charge in [-0.3, -0.25) is 4.90 Å². The number of esters is 1. The summed E-state index contributed by atoms with van der Waals surface area (Å²) in [7, 11) is 3.34. The van der Waals surface area contributed by atoms with Crippen molar-refractivity contribution in [2.24, 2.45) is 0 Å². The summed E-state index contributed by atoms with van der Waals surface area (Å²) in [5.41, 5.74) is 4.04. The fraction of sp³-hybridized carbons (Fsp3) is 0.375. The Morgan fingerprint density at radius 1 is 1.00 bits per heavy atom. The maximum atomic E-state index is 13.1. The van der Waals surface area contributed by atoms with Crippen LogP contribution in [-0.4, -0.2) is 49.3 Å². The van der Waals surface area contributed by atoms with Gasteiger partial charge >= 0.3 is 12.1 Å². The third kappa shape index (κ3) is 6.55. The highest BCUT2D eigenvalue weighted by Gasteiger charge is 2.39. The molecule has 0 bridgehead atoms. The van der Waals surface area contributed by atoms with Gasteiger partial charge in [-0.05, 0) is 79.4 Å². The number of carbonyl (C=O) groups excluding carboxylic acids is 2. The lowest BCUT2D eigenvalue weighted by Gasteiger charge is -2.39. The number of fused-ring (bicyclic) bond motifs is 2. The van der Waals surface area contributed by atoms with Crippen LogP contribution in [0, 0.1) is 0 Å². The van der Waals surface area contributed by atoms with Crippen LogP contribution in [0.15, 0.2) is 54.6 Å². The minimum atomic E-state index is -0.768. The molecule has 5 rings (SSSR count). The van der Waals surface area contributed by atoms with Crippen molar-refractivity contribution < 1.29 is 28.5 Å². The first-order chi connectivity index (χ1) is 19.9. The van der Waals surface area contributed by atoms with E-state index in [0.29, 0.717) is 35.4 Å². The van der Waals surface area contributed by atoms with E-state index in [1.54, 1.807) is 32.9 Å². The molecule has 2 aliphatic rings. The highest BCUT2D eigenvalue weighted by atomic mass is 35.5. The predicted octanol–water partition coefficient (Wildman–Crippen LogP) is 6.98. The molecule has 0 spiro atoms. The number of rotatable bonds is 5. The largest absolute Gasteiger partial charge is 0.489 e. The average Bonchev–Trinajstić information content (AvgIpc) is 2.95. The fourth-order valence-electron chi connectivity index (χ4n) is 5.14. The highest BCUT2D eigenvalue weighted by molar-refractivity contribution is 6.42. The minimum Gasteiger partial charge on any atom is -0.489 e. The summed E-state index contributed by atoms with van der Waals surface area (Å²) in [5, 5.41) is 1.00. The Hall–Kier alpha value is -3.62. The number of carbonyl (C=O) groups is 2. The first kappa shape index (κ1) is 29.9. The summed E-state index contributed by atoms with van der Waals surface area (Å²) in [6.45, 7) is 6.60. The summed E-state index contributed by atoms with van der Waals surface area (Å²) in [5.74, 6) is 0.970. The van der Waals surface area contributed by atoms with Crippen molar-refractivity contribution in [1.29, 1.82) is 0 Å². The second kappa shape index (κ2) is 11.9. The molecule has 0 aromatic heterocycles. The normalized spacial score (nSPS) is 18.0. The molecule has 222 valence electrons. The molecule has 2 heterocycles. The van der Waals surface area contributed by atoms with Crippen LogP contribution in [0.3, 0.4) is 0 Å². The molecule has 1 amide bonds. The molecule has 2 atom stereocenters. The number of hydrogen-bond donors (Lipinski definition) is 0. The monoisotopic (exact) mass is 612 g/mol. The number of hydrogen-bond acceptors (Lipinski definition) is 7. The van der Waals surface area contributed by atoms with Crippen molar-refractivity contribution in [2.45, 2.75) is 58.1 Å². The van der Waals surface area contributed by atoms with Crippen LogP contribution in [0.25, 0.3) is 0 Å². The molecule has 3 aromatic carbocycles. The van der Waals surface area contributed by atoms with Gasteiger partial charge in [-0.1, -0.05) is 41.4 Å². The van der Waals surface area contributed by atoms with Gasteiger partial charge < -0.3 is 23.8 Å². The minimum absolute atomic E-state index is 0.208. The second-order valence-electron chi connectivity index (χ2n) is 11.5. The molecule has 2 aliphatic heterocycles. The van der Waals surface area contributed by atoms with E-state index in [0.717, 1.165) is 33.7 Å². The zero-order valence-corrected chi connectivity index (χ0v) is 25.8. The van der Waals surface area contributed by atoms with Crippen LogP contribution < -0.4 is 14.4 Å². The van der Waals surface area contributed by atoms with E-state index in [4.69, 9.17) is 42.1 Å². The Morgan fingerprint density at radius 3 is 2.40 bits per heavy atom. The standard InChI is InChI=1S/C32H34Cl2N2O6/c1-32(2,3)42-31(38)36-16-22-15-28-26(13-21(22)14-27(36)30(37)39-5)35(4)17-29(41-28)20-7-9-23(10-8-20)40-18-19-6-11-24(33)25(34)12-19/h6-13,15,27,29H,14,16-18H2,1-5H3. The summed E-state index contributed by atoms with van der Waals surface area (Å²) < 4.78 is 23.0. The smallest absolute Gasteiger partial charge is 0.411 e. The molecule has 0 N–H and O–H groups in total. The first-order valence-electron chi connectivity index (χ1n) is 13.7. The zero-order chi connectivity index (χ0) is 30.2. The van der Waals surface area contributed by atoms with Gasteiger partial charge in [0.15, 0.2) is 0 Å². The second-order valence-corrected chi connectivity index (χ2v) is 12.3. The Balaban J connectivity index is 1.32. The van der Waals surface area contributed by atoms with Gasteiger partial charge in [-0.25, -0.2) is 9.59 Å². The van der Waals surface area contributed by atoms with Gasteiger partial charge in [0, 0.05) is 13.5 Å². The van der Waals surface area contributed by atoms with Crippen LogP contribution in [0.2, 0.25) is 10.0 Å². The third-order valence-electron chi connectivity index (χ3n) is 7.27. The van der Waals surface area contributed by atoms with Crippen molar-refractivity contribution in [3.8, 4) is 11.5 Å². The molecular formula is C32H34Cl2N2O6. The van der Waals surface area contributed by atoms with E-state index in [2.05, 4.69) is 4.90 Å². The molecule has 3 aromatic rings. The first-order valence-corrected chi connectivity index (χ1v) is 14.4. The number of benzene rings is 3. The zero-order valence-electron chi connectivity index (χ0n) is 24.3. The third-order valence-corrected chi connectivity index (χ3v) is 8.01. The summed E-state index contributed by atoms with van der Waals surface area (Å²) >= 11 is 12.1. The topological polar surface area (TPSA) is 77.5 Å². The van der Waals surface area contributed by atoms with Crippen molar-refractivity contribution in [2.75, 3.05) is 25.6 Å². The van der Waals surface area contributed by atoms with Gasteiger partial charge in [0.1, 0.15) is 35.9 Å². The summed E-state index contributed by atoms with van der Waals surface area (Å²) in [6, 6.07) is 16.5. The van der Waals surface area contributed by atoms with Crippen LogP contribution in [-0.2, 0) is 33.8 Å². The molecule has 8 nitrogen and oxygen atoms in total. The van der Waals surface area contributed by atoms with Gasteiger partial charge in [0.25, 0.3) is 0 Å². The number of likely N-dealkylation sites (N-methyl/N-ethyl adjacent to an activating group) is 1. The van der Waals surface area contributed by atoms with Gasteiger partial charge in [0.2, 0.25) is 0 Å². The van der Waals surface area contributed by atoms with Crippen LogP contribution >= 0.6 is 23.2 Å². The van der Waals surface area contributed by atoms with Crippen molar-refractivity contribution in [1.82, 2.24) is 4.90 Å². The molecule has 0 radical (unpaired) electrons. The Labute approximate surface area is 256 Å². The summed E-state index contributed by atoms with van der Waals surface area (Å²) in [4.78, 5) is 29.3. The maximum absolute atomic E-state index is 13.1. The number of halogens is 2. The Bertz CT molecular complexity index is 1490. The van der Waals surface area contributed by atoms with E-state index < -0.39 is 23.7 Å². The molecule has 10 heteroatoms. The quantitative estimate of drug-likeness (QED) is 0.288. The Morgan fingerprint density at radius 2 is 1.74 bits per heavy atom. The summed E-state index contributed by atoms with van der Waals surface area (Å²) in [6.07, 6.45) is -0.438. The van der Waals surface area contributed by atoms with E-state index in [1.165, 1.54) is 12.0 Å².